The van der Waals surface area contributed by atoms with Gasteiger partial charge in [-0.1, -0.05) is 6.07 Å². The Morgan fingerprint density at radius 2 is 2.15 bits per heavy atom. The van der Waals surface area contributed by atoms with Crippen LogP contribution in [0.3, 0.4) is 0 Å². The van der Waals surface area contributed by atoms with Crippen molar-refractivity contribution < 1.29 is 14.5 Å². The molecule has 0 aliphatic rings. The fourth-order valence-electron chi connectivity index (χ4n) is 2.30. The summed E-state index contributed by atoms with van der Waals surface area (Å²) in [6, 6.07) is 8.42. The number of carbonyl (C=O) groups is 1. The van der Waals surface area contributed by atoms with Crippen LogP contribution in [-0.2, 0) is 10.5 Å². The number of thioether (sulfide) groups is 1. The van der Waals surface area contributed by atoms with Crippen molar-refractivity contribution in [2.45, 2.75) is 12.7 Å². The van der Waals surface area contributed by atoms with Crippen LogP contribution in [0.2, 0.25) is 0 Å². The van der Waals surface area contributed by atoms with Crippen LogP contribution in [0.1, 0.15) is 12.5 Å². The van der Waals surface area contributed by atoms with Gasteiger partial charge in [-0.05, 0) is 46.6 Å². The SMILES string of the molecule is CCN(C(=O)CSCc1ccc(OC)c([N+](=O)[O-])c1)c1ccc(Br)cn1. The highest BCUT2D eigenvalue weighted by atomic mass is 79.9. The van der Waals surface area contributed by atoms with E-state index in [2.05, 4.69) is 20.9 Å². The van der Waals surface area contributed by atoms with E-state index in [1.54, 1.807) is 29.3 Å². The second-order valence-electron chi connectivity index (χ2n) is 5.23. The molecular weight excluding hydrogens is 422 g/mol. The predicted octanol–water partition coefficient (Wildman–Crippen LogP) is 4.05. The maximum atomic E-state index is 12.5. The van der Waals surface area contributed by atoms with Gasteiger partial charge in [0.05, 0.1) is 17.8 Å². The zero-order valence-electron chi connectivity index (χ0n) is 14.3. The van der Waals surface area contributed by atoms with Crippen molar-refractivity contribution in [1.29, 1.82) is 0 Å². The minimum absolute atomic E-state index is 0.0599. The number of aromatic nitrogens is 1. The van der Waals surface area contributed by atoms with Gasteiger partial charge >= 0.3 is 5.69 Å². The van der Waals surface area contributed by atoms with Crippen molar-refractivity contribution in [2.24, 2.45) is 0 Å². The summed E-state index contributed by atoms with van der Waals surface area (Å²) in [5.41, 5.74) is 0.686. The molecule has 0 spiro atoms. The molecule has 2 rings (SSSR count). The van der Waals surface area contributed by atoms with E-state index in [1.807, 2.05) is 13.0 Å². The summed E-state index contributed by atoms with van der Waals surface area (Å²) in [6.07, 6.45) is 1.65. The largest absolute Gasteiger partial charge is 0.490 e. The molecule has 1 amide bonds. The fourth-order valence-corrected chi connectivity index (χ4v) is 3.38. The van der Waals surface area contributed by atoms with Crippen molar-refractivity contribution in [3.63, 3.8) is 0 Å². The Morgan fingerprint density at radius 1 is 1.38 bits per heavy atom. The topological polar surface area (TPSA) is 85.6 Å². The van der Waals surface area contributed by atoms with E-state index in [4.69, 9.17) is 4.74 Å². The number of amides is 1. The first-order valence-electron chi connectivity index (χ1n) is 7.77. The minimum atomic E-state index is -0.476. The second kappa shape index (κ2) is 9.54. The molecule has 7 nitrogen and oxygen atoms in total. The van der Waals surface area contributed by atoms with Crippen LogP contribution in [0.15, 0.2) is 41.0 Å². The number of nitrogens with zero attached hydrogens (tertiary/aromatic N) is 3. The summed E-state index contributed by atoms with van der Waals surface area (Å²) in [5.74, 6) is 1.50. The molecule has 0 aliphatic carbocycles. The van der Waals surface area contributed by atoms with Gasteiger partial charge in [-0.25, -0.2) is 4.98 Å². The first-order chi connectivity index (χ1) is 12.5. The highest BCUT2D eigenvalue weighted by Gasteiger charge is 2.17. The Kier molecular flexibility index (Phi) is 7.40. The molecule has 138 valence electrons. The maximum Gasteiger partial charge on any atom is 0.311 e. The van der Waals surface area contributed by atoms with Crippen molar-refractivity contribution >= 4 is 45.1 Å². The highest BCUT2D eigenvalue weighted by Crippen LogP contribution is 2.29. The third kappa shape index (κ3) is 5.18. The number of halogens is 1. The summed E-state index contributed by atoms with van der Waals surface area (Å²) in [6.45, 7) is 2.40. The van der Waals surface area contributed by atoms with Crippen molar-refractivity contribution in [1.82, 2.24) is 4.98 Å². The Bertz CT molecular complexity index is 786. The van der Waals surface area contributed by atoms with Gasteiger partial charge < -0.3 is 4.74 Å². The number of benzene rings is 1. The number of anilines is 1. The van der Waals surface area contributed by atoms with E-state index in [0.29, 0.717) is 18.1 Å². The molecule has 26 heavy (non-hydrogen) atoms. The summed E-state index contributed by atoms with van der Waals surface area (Å²) in [5, 5.41) is 11.1. The van der Waals surface area contributed by atoms with Crippen molar-refractivity contribution in [3.8, 4) is 5.75 Å². The maximum absolute atomic E-state index is 12.5. The van der Waals surface area contributed by atoms with E-state index in [9.17, 15) is 14.9 Å². The summed E-state index contributed by atoms with van der Waals surface area (Å²) in [4.78, 5) is 28.9. The number of hydrogen-bond acceptors (Lipinski definition) is 6. The molecule has 1 aromatic heterocycles. The summed E-state index contributed by atoms with van der Waals surface area (Å²) < 4.78 is 5.84. The zero-order chi connectivity index (χ0) is 19.1. The smallest absolute Gasteiger partial charge is 0.311 e. The third-order valence-electron chi connectivity index (χ3n) is 3.54. The number of pyridine rings is 1. The van der Waals surface area contributed by atoms with Gasteiger partial charge in [-0.2, -0.15) is 0 Å². The molecular formula is C17H18BrN3O4S. The first-order valence-corrected chi connectivity index (χ1v) is 9.72. The van der Waals surface area contributed by atoms with Gasteiger partial charge in [0.25, 0.3) is 0 Å². The molecule has 0 atom stereocenters. The van der Waals surface area contributed by atoms with Crippen LogP contribution >= 0.6 is 27.7 Å². The van der Waals surface area contributed by atoms with Crippen LogP contribution in [0.5, 0.6) is 5.75 Å². The number of nitro groups is 1. The van der Waals surface area contributed by atoms with Crippen LogP contribution < -0.4 is 9.64 Å². The first kappa shape index (κ1) is 20.2. The molecule has 0 radical (unpaired) electrons. The molecule has 1 aromatic carbocycles. The third-order valence-corrected chi connectivity index (χ3v) is 5.00. The summed E-state index contributed by atoms with van der Waals surface area (Å²) in [7, 11) is 1.39. The second-order valence-corrected chi connectivity index (χ2v) is 7.13. The Labute approximate surface area is 164 Å². The van der Waals surface area contributed by atoms with Gasteiger partial charge in [0, 0.05) is 29.0 Å². The molecule has 0 unspecified atom stereocenters. The standard InChI is InChI=1S/C17H18BrN3O4S/c1-3-20(16-7-5-13(18)9-19-16)17(22)11-26-10-12-4-6-15(25-2)14(8-12)21(23)24/h4-9H,3,10-11H2,1-2H3. The van der Waals surface area contributed by atoms with Gasteiger partial charge in [-0.15, -0.1) is 11.8 Å². The zero-order valence-corrected chi connectivity index (χ0v) is 16.7. The fraction of sp³-hybridized carbons (Fsp3) is 0.294. The van der Waals surface area contributed by atoms with Gasteiger partial charge in [0.1, 0.15) is 5.82 Å². The number of nitro benzene ring substituents is 1. The average Bonchev–Trinajstić information content (AvgIpc) is 2.63. The normalized spacial score (nSPS) is 10.4. The van der Waals surface area contributed by atoms with E-state index < -0.39 is 4.92 Å². The van der Waals surface area contributed by atoms with Crippen LogP contribution in [-0.4, -0.2) is 35.2 Å². The van der Waals surface area contributed by atoms with E-state index in [0.717, 1.165) is 10.0 Å². The predicted molar refractivity (Wildman–Crippen MR) is 106 cm³/mol. The van der Waals surface area contributed by atoms with Gasteiger partial charge in [-0.3, -0.25) is 19.8 Å². The molecule has 1 heterocycles. The van der Waals surface area contributed by atoms with E-state index in [-0.39, 0.29) is 23.1 Å². The monoisotopic (exact) mass is 439 g/mol. The van der Waals surface area contributed by atoms with Crippen molar-refractivity contribution in [2.75, 3.05) is 24.3 Å². The van der Waals surface area contributed by atoms with Crippen LogP contribution in [0.25, 0.3) is 0 Å². The highest BCUT2D eigenvalue weighted by molar-refractivity contribution is 9.10. The lowest BCUT2D eigenvalue weighted by molar-refractivity contribution is -0.385. The lowest BCUT2D eigenvalue weighted by atomic mass is 10.2. The number of carbonyl (C=O) groups excluding carboxylic acids is 1. The van der Waals surface area contributed by atoms with E-state index >= 15 is 0 Å². The molecule has 0 saturated carbocycles. The lowest BCUT2D eigenvalue weighted by Crippen LogP contribution is -2.32. The number of ether oxygens (including phenoxy) is 1. The lowest BCUT2D eigenvalue weighted by Gasteiger charge is -2.19. The molecule has 9 heteroatoms. The Morgan fingerprint density at radius 3 is 2.73 bits per heavy atom. The Hall–Kier alpha value is -2.13. The molecule has 0 aliphatic heterocycles. The number of methoxy groups -OCH3 is 1. The summed E-state index contributed by atoms with van der Waals surface area (Å²) >= 11 is 4.72. The van der Waals surface area contributed by atoms with E-state index in [1.165, 1.54) is 24.9 Å². The quantitative estimate of drug-likeness (QED) is 0.455. The molecule has 0 fully saturated rings. The number of hydrogen-bond donors (Lipinski definition) is 0. The number of rotatable bonds is 8. The van der Waals surface area contributed by atoms with Gasteiger partial charge in [0.15, 0.2) is 5.75 Å². The molecule has 0 bridgehead atoms. The Balaban J connectivity index is 1.98. The molecule has 0 N–H and O–H groups in total. The average molecular weight is 440 g/mol. The van der Waals surface area contributed by atoms with Crippen LogP contribution in [0.4, 0.5) is 11.5 Å². The van der Waals surface area contributed by atoms with Gasteiger partial charge in [0.2, 0.25) is 5.91 Å². The molecule has 0 saturated heterocycles. The molecule has 2 aromatic rings. The minimum Gasteiger partial charge on any atom is -0.490 e. The van der Waals surface area contributed by atoms with Crippen LogP contribution in [0, 0.1) is 10.1 Å². The van der Waals surface area contributed by atoms with Crippen molar-refractivity contribution in [3.05, 3.63) is 56.7 Å².